The maximum atomic E-state index is 13.8. The van der Waals surface area contributed by atoms with Crippen molar-refractivity contribution in [2.24, 2.45) is 0 Å². The van der Waals surface area contributed by atoms with Gasteiger partial charge in [0.15, 0.2) is 0 Å². The van der Waals surface area contributed by atoms with E-state index in [1.807, 2.05) is 0 Å². The van der Waals surface area contributed by atoms with Crippen molar-refractivity contribution in [1.29, 1.82) is 0 Å². The molecule has 0 saturated heterocycles. The van der Waals surface area contributed by atoms with Gasteiger partial charge in [-0.3, -0.25) is 5.10 Å². The van der Waals surface area contributed by atoms with Gasteiger partial charge in [-0.15, -0.1) is 0 Å². The van der Waals surface area contributed by atoms with Crippen LogP contribution < -0.4 is 10.5 Å². The number of ether oxygens (including phenoxy) is 1. The van der Waals surface area contributed by atoms with E-state index in [4.69, 9.17) is 10.5 Å². The first kappa shape index (κ1) is 10.9. The predicted octanol–water partition coefficient (Wildman–Crippen LogP) is 2.57. The van der Waals surface area contributed by atoms with Gasteiger partial charge in [-0.1, -0.05) is 0 Å². The average molecular weight is 286 g/mol. The summed E-state index contributed by atoms with van der Waals surface area (Å²) in [5.41, 5.74) is 6.33. The molecule has 6 heteroatoms. The van der Waals surface area contributed by atoms with E-state index in [0.29, 0.717) is 27.3 Å². The van der Waals surface area contributed by atoms with E-state index in [-0.39, 0.29) is 5.82 Å². The fourth-order valence-corrected chi connectivity index (χ4v) is 1.79. The number of nitrogen functional groups attached to an aromatic ring is 1. The zero-order valence-electron chi connectivity index (χ0n) is 8.42. The minimum absolute atomic E-state index is 0.313. The summed E-state index contributed by atoms with van der Waals surface area (Å²) in [6.45, 7) is 0. The Balaban J connectivity index is 2.59. The Bertz CT molecular complexity index is 527. The molecule has 0 spiro atoms. The molecule has 3 N–H and O–H groups in total. The maximum absolute atomic E-state index is 13.8. The molecule has 2 rings (SSSR count). The topological polar surface area (TPSA) is 63.9 Å². The van der Waals surface area contributed by atoms with Gasteiger partial charge in [0, 0.05) is 11.6 Å². The first-order valence-electron chi connectivity index (χ1n) is 4.46. The van der Waals surface area contributed by atoms with E-state index >= 15 is 0 Å². The highest BCUT2D eigenvalue weighted by atomic mass is 79.9. The summed E-state index contributed by atoms with van der Waals surface area (Å²) in [5.74, 6) is 0.481. The van der Waals surface area contributed by atoms with Crippen molar-refractivity contribution < 1.29 is 9.13 Å². The van der Waals surface area contributed by atoms with Gasteiger partial charge in [0.25, 0.3) is 0 Å². The second-order valence-electron chi connectivity index (χ2n) is 3.18. The number of nitrogens with zero attached hydrogens (tertiary/aromatic N) is 1. The monoisotopic (exact) mass is 285 g/mol. The second kappa shape index (κ2) is 4.13. The fourth-order valence-electron chi connectivity index (χ4n) is 1.35. The van der Waals surface area contributed by atoms with E-state index in [9.17, 15) is 4.39 Å². The predicted molar refractivity (Wildman–Crippen MR) is 62.6 cm³/mol. The Kier molecular flexibility index (Phi) is 2.82. The molecule has 1 heterocycles. The van der Waals surface area contributed by atoms with Gasteiger partial charge in [-0.05, 0) is 28.1 Å². The number of halogens is 2. The van der Waals surface area contributed by atoms with Gasteiger partial charge in [0.2, 0.25) is 0 Å². The summed E-state index contributed by atoms with van der Waals surface area (Å²) in [6, 6.07) is 4.69. The van der Waals surface area contributed by atoms with Gasteiger partial charge in [-0.2, -0.15) is 5.10 Å². The van der Waals surface area contributed by atoms with Gasteiger partial charge in [0.05, 0.1) is 17.3 Å². The zero-order valence-corrected chi connectivity index (χ0v) is 10.0. The number of aromatic nitrogens is 2. The van der Waals surface area contributed by atoms with Crippen molar-refractivity contribution in [2.75, 3.05) is 12.8 Å². The van der Waals surface area contributed by atoms with Crippen LogP contribution in [0.25, 0.3) is 11.3 Å². The fraction of sp³-hybridized carbons (Fsp3) is 0.100. The third-order valence-electron chi connectivity index (χ3n) is 2.13. The van der Waals surface area contributed by atoms with Crippen LogP contribution in [0.1, 0.15) is 0 Å². The van der Waals surface area contributed by atoms with Crippen LogP contribution in [0.15, 0.2) is 22.7 Å². The Hall–Kier alpha value is -1.56. The number of hydrogen-bond acceptors (Lipinski definition) is 3. The van der Waals surface area contributed by atoms with Gasteiger partial charge in [-0.25, -0.2) is 4.39 Å². The number of benzene rings is 1. The van der Waals surface area contributed by atoms with E-state index in [0.717, 1.165) is 0 Å². The van der Waals surface area contributed by atoms with E-state index in [2.05, 4.69) is 26.1 Å². The molecule has 1 aromatic carbocycles. The number of aromatic amines is 1. The van der Waals surface area contributed by atoms with Crippen LogP contribution >= 0.6 is 15.9 Å². The van der Waals surface area contributed by atoms with Gasteiger partial charge >= 0.3 is 0 Å². The van der Waals surface area contributed by atoms with Gasteiger partial charge in [0.1, 0.15) is 17.4 Å². The van der Waals surface area contributed by atoms with Crippen LogP contribution in [0.2, 0.25) is 0 Å². The highest BCUT2D eigenvalue weighted by Gasteiger charge is 2.13. The first-order chi connectivity index (χ1) is 7.61. The number of methoxy groups -OCH3 is 1. The molecular formula is C10H9BrFN3O. The lowest BCUT2D eigenvalue weighted by molar-refractivity contribution is 0.413. The molecule has 0 aliphatic carbocycles. The summed E-state index contributed by atoms with van der Waals surface area (Å²) in [5, 5.41) is 6.40. The standard InChI is InChI=1S/C10H9BrFN3O/c1-16-5-2-6(10(12)7(11)3-5)8-4-9(13)15-14-8/h2-4H,1H3,(H3,13,14,15). The maximum Gasteiger partial charge on any atom is 0.147 e. The lowest BCUT2D eigenvalue weighted by atomic mass is 10.1. The largest absolute Gasteiger partial charge is 0.497 e. The minimum Gasteiger partial charge on any atom is -0.497 e. The molecule has 2 aromatic rings. The van der Waals surface area contributed by atoms with Crippen LogP contribution in [0, 0.1) is 5.82 Å². The Morgan fingerprint density at radius 1 is 1.44 bits per heavy atom. The molecule has 84 valence electrons. The van der Waals surface area contributed by atoms with Crippen molar-refractivity contribution in [2.45, 2.75) is 0 Å². The van der Waals surface area contributed by atoms with Crippen molar-refractivity contribution in [1.82, 2.24) is 10.2 Å². The SMILES string of the molecule is COc1cc(Br)c(F)c(-c2cc(N)n[nH]2)c1. The molecule has 0 amide bonds. The van der Waals surface area contributed by atoms with Crippen molar-refractivity contribution in [3.8, 4) is 17.0 Å². The molecule has 0 atom stereocenters. The molecule has 0 fully saturated rings. The number of H-pyrrole nitrogens is 1. The zero-order chi connectivity index (χ0) is 11.7. The number of nitrogens with one attached hydrogen (secondary N) is 1. The summed E-state index contributed by atoms with van der Waals surface area (Å²) < 4.78 is 19.2. The molecule has 4 nitrogen and oxygen atoms in total. The number of rotatable bonds is 2. The molecule has 0 bridgehead atoms. The number of hydrogen-bond donors (Lipinski definition) is 2. The van der Waals surface area contributed by atoms with Crippen molar-refractivity contribution in [3.05, 3.63) is 28.5 Å². The molecule has 0 aliphatic rings. The number of nitrogens with two attached hydrogens (primary N) is 1. The third-order valence-corrected chi connectivity index (χ3v) is 2.70. The molecule has 0 saturated carbocycles. The molecular weight excluding hydrogens is 277 g/mol. The van der Waals surface area contributed by atoms with Crippen LogP contribution in [0.4, 0.5) is 10.2 Å². The van der Waals surface area contributed by atoms with E-state index < -0.39 is 0 Å². The summed E-state index contributed by atoms with van der Waals surface area (Å²) in [7, 11) is 1.52. The number of anilines is 1. The average Bonchev–Trinajstić information content (AvgIpc) is 2.68. The van der Waals surface area contributed by atoms with Crippen LogP contribution in [-0.2, 0) is 0 Å². The quantitative estimate of drug-likeness (QED) is 0.891. The van der Waals surface area contributed by atoms with E-state index in [1.54, 1.807) is 18.2 Å². The highest BCUT2D eigenvalue weighted by molar-refractivity contribution is 9.10. The molecule has 0 unspecified atom stereocenters. The lowest BCUT2D eigenvalue weighted by Gasteiger charge is -2.06. The second-order valence-corrected chi connectivity index (χ2v) is 4.03. The molecule has 0 radical (unpaired) electrons. The third kappa shape index (κ3) is 1.88. The molecule has 16 heavy (non-hydrogen) atoms. The van der Waals surface area contributed by atoms with Crippen LogP contribution in [0.5, 0.6) is 5.75 Å². The van der Waals surface area contributed by atoms with E-state index in [1.165, 1.54) is 7.11 Å². The minimum atomic E-state index is -0.385. The highest BCUT2D eigenvalue weighted by Crippen LogP contribution is 2.32. The lowest BCUT2D eigenvalue weighted by Crippen LogP contribution is -1.90. The summed E-state index contributed by atoms with van der Waals surface area (Å²) in [6.07, 6.45) is 0. The summed E-state index contributed by atoms with van der Waals surface area (Å²) >= 11 is 3.12. The molecule has 0 aliphatic heterocycles. The Morgan fingerprint density at radius 3 is 2.75 bits per heavy atom. The smallest absolute Gasteiger partial charge is 0.147 e. The normalized spacial score (nSPS) is 10.4. The summed E-state index contributed by atoms with van der Waals surface area (Å²) in [4.78, 5) is 0. The van der Waals surface area contributed by atoms with Gasteiger partial charge < -0.3 is 10.5 Å². The Labute approximate surface area is 99.7 Å². The molecule has 1 aromatic heterocycles. The van der Waals surface area contributed by atoms with Crippen LogP contribution in [0.3, 0.4) is 0 Å². The van der Waals surface area contributed by atoms with Crippen molar-refractivity contribution in [3.63, 3.8) is 0 Å². The van der Waals surface area contributed by atoms with Crippen molar-refractivity contribution >= 4 is 21.7 Å². The first-order valence-corrected chi connectivity index (χ1v) is 5.25. The van der Waals surface area contributed by atoms with Crippen LogP contribution in [-0.4, -0.2) is 17.3 Å². The Morgan fingerprint density at radius 2 is 2.19 bits per heavy atom.